The SMILES string of the molecule is COC(=O)c1nc(Cl)c2ccc(C)cc2c1OC. The van der Waals surface area contributed by atoms with E-state index in [0.717, 1.165) is 16.3 Å². The molecule has 0 atom stereocenters. The van der Waals surface area contributed by atoms with Crippen LogP contribution in [0.2, 0.25) is 5.15 Å². The fourth-order valence-electron chi connectivity index (χ4n) is 1.80. The number of benzene rings is 1. The second-order valence-corrected chi connectivity index (χ2v) is 4.18. The van der Waals surface area contributed by atoms with E-state index in [4.69, 9.17) is 16.3 Å². The van der Waals surface area contributed by atoms with E-state index in [1.165, 1.54) is 14.2 Å². The van der Waals surface area contributed by atoms with Crippen LogP contribution in [0.25, 0.3) is 10.8 Å². The van der Waals surface area contributed by atoms with Crippen molar-refractivity contribution in [2.75, 3.05) is 14.2 Å². The number of methoxy groups -OCH3 is 2. The number of hydrogen-bond acceptors (Lipinski definition) is 4. The highest BCUT2D eigenvalue weighted by Crippen LogP contribution is 2.33. The van der Waals surface area contributed by atoms with Gasteiger partial charge in [-0.05, 0) is 13.0 Å². The number of aryl methyl sites for hydroxylation is 1. The lowest BCUT2D eigenvalue weighted by molar-refractivity contribution is 0.0590. The first kappa shape index (κ1) is 12.6. The second-order valence-electron chi connectivity index (χ2n) is 3.83. The van der Waals surface area contributed by atoms with Crippen LogP contribution in [0.15, 0.2) is 18.2 Å². The van der Waals surface area contributed by atoms with E-state index in [0.29, 0.717) is 5.75 Å². The molecule has 94 valence electrons. The van der Waals surface area contributed by atoms with Crippen molar-refractivity contribution in [3.8, 4) is 5.75 Å². The van der Waals surface area contributed by atoms with Crippen molar-refractivity contribution in [1.29, 1.82) is 0 Å². The molecular formula is C13H12ClNO3. The molecule has 0 aliphatic heterocycles. The lowest BCUT2D eigenvalue weighted by atomic mass is 10.1. The van der Waals surface area contributed by atoms with E-state index in [1.807, 2.05) is 25.1 Å². The van der Waals surface area contributed by atoms with Gasteiger partial charge in [-0.15, -0.1) is 0 Å². The minimum absolute atomic E-state index is 0.0862. The average Bonchev–Trinajstić information content (AvgIpc) is 2.37. The van der Waals surface area contributed by atoms with Crippen LogP contribution < -0.4 is 4.74 Å². The Kier molecular flexibility index (Phi) is 3.39. The summed E-state index contributed by atoms with van der Waals surface area (Å²) in [5.74, 6) is -0.192. The molecule has 5 heteroatoms. The molecule has 18 heavy (non-hydrogen) atoms. The van der Waals surface area contributed by atoms with Gasteiger partial charge in [0.15, 0.2) is 11.4 Å². The number of rotatable bonds is 2. The van der Waals surface area contributed by atoms with E-state index in [-0.39, 0.29) is 10.8 Å². The van der Waals surface area contributed by atoms with Gasteiger partial charge in [0.2, 0.25) is 0 Å². The first-order valence-corrected chi connectivity index (χ1v) is 5.68. The Bertz CT molecular complexity index is 625. The molecule has 0 bridgehead atoms. The van der Waals surface area contributed by atoms with Crippen molar-refractivity contribution in [2.45, 2.75) is 6.92 Å². The molecule has 0 radical (unpaired) electrons. The van der Waals surface area contributed by atoms with E-state index in [2.05, 4.69) is 9.72 Å². The van der Waals surface area contributed by atoms with E-state index >= 15 is 0 Å². The Labute approximate surface area is 109 Å². The maximum atomic E-state index is 11.7. The number of carbonyl (C=O) groups is 1. The molecule has 1 heterocycles. The van der Waals surface area contributed by atoms with Crippen LogP contribution in [0.3, 0.4) is 0 Å². The van der Waals surface area contributed by atoms with Crippen LogP contribution >= 0.6 is 11.6 Å². The molecule has 0 spiro atoms. The van der Waals surface area contributed by atoms with E-state index in [9.17, 15) is 4.79 Å². The summed E-state index contributed by atoms with van der Waals surface area (Å²) in [6, 6.07) is 5.67. The van der Waals surface area contributed by atoms with Crippen LogP contribution in [-0.4, -0.2) is 25.2 Å². The summed E-state index contributed by atoms with van der Waals surface area (Å²) >= 11 is 6.07. The van der Waals surface area contributed by atoms with Crippen LogP contribution in [0.4, 0.5) is 0 Å². The van der Waals surface area contributed by atoms with E-state index < -0.39 is 5.97 Å². The molecule has 0 fully saturated rings. The minimum Gasteiger partial charge on any atom is -0.494 e. The number of aromatic nitrogens is 1. The summed E-state index contributed by atoms with van der Waals surface area (Å²) in [5, 5.41) is 1.75. The van der Waals surface area contributed by atoms with Gasteiger partial charge in [-0.1, -0.05) is 29.3 Å². The number of pyridine rings is 1. The molecule has 0 unspecified atom stereocenters. The average molecular weight is 266 g/mol. The fraction of sp³-hybridized carbons (Fsp3) is 0.231. The highest BCUT2D eigenvalue weighted by atomic mass is 35.5. The van der Waals surface area contributed by atoms with Gasteiger partial charge in [-0.2, -0.15) is 0 Å². The van der Waals surface area contributed by atoms with Crippen LogP contribution in [0.1, 0.15) is 16.1 Å². The number of carbonyl (C=O) groups excluding carboxylic acids is 1. The van der Waals surface area contributed by atoms with Gasteiger partial charge < -0.3 is 9.47 Å². The van der Waals surface area contributed by atoms with Crippen LogP contribution in [0, 0.1) is 6.92 Å². The zero-order valence-corrected chi connectivity index (χ0v) is 11.0. The highest BCUT2D eigenvalue weighted by Gasteiger charge is 2.20. The van der Waals surface area contributed by atoms with Gasteiger partial charge in [-0.3, -0.25) is 0 Å². The number of halogens is 1. The molecule has 1 aromatic heterocycles. The summed E-state index contributed by atoms with van der Waals surface area (Å²) in [7, 11) is 2.77. The summed E-state index contributed by atoms with van der Waals surface area (Å²) in [5.41, 5.74) is 1.13. The molecule has 0 saturated heterocycles. The van der Waals surface area contributed by atoms with E-state index in [1.54, 1.807) is 0 Å². The molecule has 0 saturated carbocycles. The first-order chi connectivity index (χ1) is 8.58. The number of hydrogen-bond donors (Lipinski definition) is 0. The zero-order chi connectivity index (χ0) is 13.3. The van der Waals surface area contributed by atoms with Crippen molar-refractivity contribution in [3.63, 3.8) is 0 Å². The van der Waals surface area contributed by atoms with Gasteiger partial charge >= 0.3 is 5.97 Å². The van der Waals surface area contributed by atoms with Gasteiger partial charge in [-0.25, -0.2) is 9.78 Å². The maximum Gasteiger partial charge on any atom is 0.360 e. The Morgan fingerprint density at radius 2 is 2.00 bits per heavy atom. The highest BCUT2D eigenvalue weighted by molar-refractivity contribution is 6.34. The van der Waals surface area contributed by atoms with Crippen molar-refractivity contribution in [1.82, 2.24) is 4.98 Å². The third-order valence-corrected chi connectivity index (χ3v) is 2.94. The molecule has 0 aliphatic rings. The molecular weight excluding hydrogens is 254 g/mol. The Balaban J connectivity index is 2.85. The largest absolute Gasteiger partial charge is 0.494 e. The lowest BCUT2D eigenvalue weighted by Gasteiger charge is -2.11. The summed E-state index contributed by atoms with van der Waals surface area (Å²) in [4.78, 5) is 15.7. The van der Waals surface area contributed by atoms with Gasteiger partial charge in [0.1, 0.15) is 5.15 Å². The van der Waals surface area contributed by atoms with Gasteiger partial charge in [0.25, 0.3) is 0 Å². The fourth-order valence-corrected chi connectivity index (χ4v) is 2.05. The third kappa shape index (κ3) is 1.99. The first-order valence-electron chi connectivity index (χ1n) is 5.30. The molecule has 1 aromatic carbocycles. The third-order valence-electron chi connectivity index (χ3n) is 2.65. The standard InChI is InChI=1S/C13H12ClNO3/c1-7-4-5-8-9(6-7)11(17-2)10(13(16)18-3)15-12(8)14/h4-6H,1-3H3. The summed E-state index contributed by atoms with van der Waals surface area (Å²) in [6.45, 7) is 1.95. The monoisotopic (exact) mass is 265 g/mol. The van der Waals surface area contributed by atoms with Crippen molar-refractivity contribution >= 4 is 28.3 Å². The number of esters is 1. The Morgan fingerprint density at radius 3 is 2.61 bits per heavy atom. The maximum absolute atomic E-state index is 11.7. The molecule has 0 aliphatic carbocycles. The van der Waals surface area contributed by atoms with Crippen molar-refractivity contribution in [2.24, 2.45) is 0 Å². The molecule has 2 rings (SSSR count). The predicted molar refractivity (Wildman–Crippen MR) is 69.4 cm³/mol. The van der Waals surface area contributed by atoms with Gasteiger partial charge in [0, 0.05) is 10.8 Å². The molecule has 0 N–H and O–H groups in total. The quantitative estimate of drug-likeness (QED) is 0.619. The molecule has 2 aromatic rings. The molecule has 4 nitrogen and oxygen atoms in total. The number of ether oxygens (including phenoxy) is 2. The minimum atomic E-state index is -0.572. The Morgan fingerprint density at radius 1 is 1.28 bits per heavy atom. The van der Waals surface area contributed by atoms with Crippen LogP contribution in [-0.2, 0) is 4.74 Å². The smallest absolute Gasteiger partial charge is 0.360 e. The van der Waals surface area contributed by atoms with Crippen molar-refractivity contribution in [3.05, 3.63) is 34.6 Å². The van der Waals surface area contributed by atoms with Crippen LogP contribution in [0.5, 0.6) is 5.75 Å². The Hall–Kier alpha value is -1.81. The molecule has 0 amide bonds. The zero-order valence-electron chi connectivity index (χ0n) is 10.3. The number of fused-ring (bicyclic) bond motifs is 1. The predicted octanol–water partition coefficient (Wildman–Crippen LogP) is 2.99. The van der Waals surface area contributed by atoms with Crippen molar-refractivity contribution < 1.29 is 14.3 Å². The lowest BCUT2D eigenvalue weighted by Crippen LogP contribution is -2.08. The topological polar surface area (TPSA) is 48.4 Å². The summed E-state index contributed by atoms with van der Waals surface area (Å²) < 4.78 is 9.94. The normalized spacial score (nSPS) is 10.4. The summed E-state index contributed by atoms with van der Waals surface area (Å²) in [6.07, 6.45) is 0. The van der Waals surface area contributed by atoms with Gasteiger partial charge in [0.05, 0.1) is 14.2 Å². The second kappa shape index (κ2) is 4.82. The number of nitrogens with zero attached hydrogens (tertiary/aromatic N) is 1.